The molecule has 1 aromatic carbocycles. The molecule has 0 aliphatic carbocycles. The lowest BCUT2D eigenvalue weighted by atomic mass is 10.2. The summed E-state index contributed by atoms with van der Waals surface area (Å²) in [6.07, 6.45) is 0. The number of aryl methyl sites for hydroxylation is 1. The quantitative estimate of drug-likeness (QED) is 0.575. The van der Waals surface area contributed by atoms with Crippen molar-refractivity contribution >= 4 is 17.3 Å². The molecule has 0 atom stereocenters. The summed E-state index contributed by atoms with van der Waals surface area (Å²) in [4.78, 5) is 10.0. The fourth-order valence-corrected chi connectivity index (χ4v) is 1.38. The largest absolute Gasteiger partial charge is 0.493 e. The molecule has 0 aliphatic rings. The van der Waals surface area contributed by atoms with Crippen LogP contribution in [0.1, 0.15) is 12.5 Å². The van der Waals surface area contributed by atoms with Gasteiger partial charge in [0.25, 0.3) is 5.69 Å². The van der Waals surface area contributed by atoms with E-state index in [2.05, 4.69) is 0 Å². The Morgan fingerprint density at radius 3 is 2.71 bits per heavy atom. The van der Waals surface area contributed by atoms with Crippen LogP contribution in [0, 0.1) is 17.0 Å². The van der Waals surface area contributed by atoms with Gasteiger partial charge in [0.1, 0.15) is 10.8 Å². The molecule has 0 unspecified atom stereocenters. The molecule has 1 aromatic rings. The molecule has 0 saturated carbocycles. The second-order valence-corrected chi connectivity index (χ2v) is 3.17. The van der Waals surface area contributed by atoms with Crippen molar-refractivity contribution in [2.24, 2.45) is 0 Å². The minimum atomic E-state index is -0.524. The third-order valence-electron chi connectivity index (χ3n) is 1.74. The number of hydrogen-bond acceptors (Lipinski definition) is 3. The fourth-order valence-electron chi connectivity index (χ4n) is 1.09. The molecule has 1 rings (SSSR count). The molecule has 0 radical (unpaired) electrons. The van der Waals surface area contributed by atoms with Crippen LogP contribution in [0.5, 0.6) is 5.75 Å². The molecular weight excluding hydrogens is 206 g/mol. The molecule has 5 heteroatoms. The number of hydrogen-bond donors (Lipinski definition) is 0. The molecule has 0 aliphatic heterocycles. The van der Waals surface area contributed by atoms with Gasteiger partial charge >= 0.3 is 0 Å². The summed E-state index contributed by atoms with van der Waals surface area (Å²) in [7, 11) is 0. The number of ether oxygens (including phenoxy) is 1. The van der Waals surface area contributed by atoms with Crippen molar-refractivity contribution in [3.05, 3.63) is 32.8 Å². The third-order valence-corrected chi connectivity index (χ3v) is 2.04. The van der Waals surface area contributed by atoms with Gasteiger partial charge in [0, 0.05) is 0 Å². The number of halogens is 1. The molecule has 0 heterocycles. The lowest BCUT2D eigenvalue weighted by molar-refractivity contribution is -0.384. The molecule has 0 amide bonds. The van der Waals surface area contributed by atoms with E-state index < -0.39 is 4.92 Å². The maximum absolute atomic E-state index is 10.6. The van der Waals surface area contributed by atoms with Gasteiger partial charge in [-0.05, 0) is 25.5 Å². The second kappa shape index (κ2) is 4.28. The third kappa shape index (κ3) is 2.14. The lowest BCUT2D eigenvalue weighted by Crippen LogP contribution is -1.96. The molecule has 0 saturated heterocycles. The topological polar surface area (TPSA) is 52.4 Å². The van der Waals surface area contributed by atoms with Crippen molar-refractivity contribution < 1.29 is 9.66 Å². The Kier molecular flexibility index (Phi) is 3.30. The highest BCUT2D eigenvalue weighted by atomic mass is 35.5. The number of nitro groups is 1. The van der Waals surface area contributed by atoms with Crippen LogP contribution in [0.4, 0.5) is 5.69 Å². The Labute approximate surface area is 86.6 Å². The predicted octanol–water partition coefficient (Wildman–Crippen LogP) is 2.96. The Morgan fingerprint density at radius 1 is 1.57 bits per heavy atom. The maximum atomic E-state index is 10.6. The van der Waals surface area contributed by atoms with E-state index in [4.69, 9.17) is 16.3 Å². The molecule has 0 N–H and O–H groups in total. The van der Waals surface area contributed by atoms with Crippen molar-refractivity contribution in [2.75, 3.05) is 6.61 Å². The van der Waals surface area contributed by atoms with Crippen LogP contribution in [0.15, 0.2) is 12.1 Å². The van der Waals surface area contributed by atoms with Gasteiger partial charge < -0.3 is 4.74 Å². The summed E-state index contributed by atoms with van der Waals surface area (Å²) in [6.45, 7) is 4.08. The van der Waals surface area contributed by atoms with Crippen molar-refractivity contribution in [3.8, 4) is 5.75 Å². The highest BCUT2D eigenvalue weighted by molar-refractivity contribution is 6.32. The Morgan fingerprint density at radius 2 is 2.21 bits per heavy atom. The van der Waals surface area contributed by atoms with Crippen LogP contribution < -0.4 is 4.74 Å². The van der Waals surface area contributed by atoms with Crippen molar-refractivity contribution in [1.29, 1.82) is 0 Å². The van der Waals surface area contributed by atoms with Gasteiger partial charge in [-0.1, -0.05) is 11.6 Å². The summed E-state index contributed by atoms with van der Waals surface area (Å²) >= 11 is 5.70. The first-order valence-corrected chi connectivity index (χ1v) is 4.51. The van der Waals surface area contributed by atoms with Gasteiger partial charge in [-0.2, -0.15) is 0 Å². The average molecular weight is 216 g/mol. The highest BCUT2D eigenvalue weighted by Crippen LogP contribution is 2.31. The van der Waals surface area contributed by atoms with Crippen LogP contribution in [0.3, 0.4) is 0 Å². The van der Waals surface area contributed by atoms with E-state index in [-0.39, 0.29) is 10.7 Å². The molecule has 14 heavy (non-hydrogen) atoms. The summed E-state index contributed by atoms with van der Waals surface area (Å²) < 4.78 is 5.22. The molecule has 0 fully saturated rings. The molecule has 76 valence electrons. The monoisotopic (exact) mass is 215 g/mol. The van der Waals surface area contributed by atoms with Crippen LogP contribution in [-0.2, 0) is 0 Å². The molecule has 4 nitrogen and oxygen atoms in total. The van der Waals surface area contributed by atoms with Crippen LogP contribution in [0.2, 0.25) is 5.02 Å². The van der Waals surface area contributed by atoms with Gasteiger partial charge in [0.05, 0.1) is 17.6 Å². The van der Waals surface area contributed by atoms with Gasteiger partial charge in [-0.25, -0.2) is 0 Å². The van der Waals surface area contributed by atoms with Crippen LogP contribution in [0.25, 0.3) is 0 Å². The van der Waals surface area contributed by atoms with E-state index in [0.29, 0.717) is 12.4 Å². The fraction of sp³-hybridized carbons (Fsp3) is 0.333. The minimum absolute atomic E-state index is 0.124. The Bertz CT molecular complexity index is 365. The van der Waals surface area contributed by atoms with Crippen LogP contribution >= 0.6 is 11.6 Å². The summed E-state index contributed by atoms with van der Waals surface area (Å²) in [6, 6.07) is 2.88. The van der Waals surface area contributed by atoms with E-state index in [1.165, 1.54) is 12.1 Å². The van der Waals surface area contributed by atoms with Crippen LogP contribution in [-0.4, -0.2) is 11.5 Å². The maximum Gasteiger partial charge on any atom is 0.291 e. The molecular formula is C9H10ClNO3. The zero-order valence-electron chi connectivity index (χ0n) is 7.91. The van der Waals surface area contributed by atoms with Crippen molar-refractivity contribution in [2.45, 2.75) is 13.8 Å². The summed E-state index contributed by atoms with van der Waals surface area (Å²) in [5, 5.41) is 10.7. The first-order valence-electron chi connectivity index (χ1n) is 4.13. The Hall–Kier alpha value is -1.29. The normalized spacial score (nSPS) is 9.93. The van der Waals surface area contributed by atoms with Gasteiger partial charge in [0.15, 0.2) is 0 Å². The highest BCUT2D eigenvalue weighted by Gasteiger charge is 2.15. The second-order valence-electron chi connectivity index (χ2n) is 2.76. The summed E-state index contributed by atoms with van der Waals surface area (Å²) in [5.41, 5.74) is 0.670. The number of nitrogens with zero attached hydrogens (tertiary/aromatic N) is 1. The SMILES string of the molecule is CCOc1cc([N+](=O)[O-])c(Cl)cc1C. The van der Waals surface area contributed by atoms with E-state index >= 15 is 0 Å². The lowest BCUT2D eigenvalue weighted by Gasteiger charge is -2.06. The van der Waals surface area contributed by atoms with E-state index in [0.717, 1.165) is 5.56 Å². The van der Waals surface area contributed by atoms with Crippen molar-refractivity contribution in [3.63, 3.8) is 0 Å². The van der Waals surface area contributed by atoms with Gasteiger partial charge in [0.2, 0.25) is 0 Å². The average Bonchev–Trinajstić information content (AvgIpc) is 2.09. The zero-order valence-corrected chi connectivity index (χ0v) is 8.67. The predicted molar refractivity (Wildman–Crippen MR) is 54.0 cm³/mol. The number of rotatable bonds is 3. The molecule has 0 aromatic heterocycles. The first kappa shape index (κ1) is 10.8. The minimum Gasteiger partial charge on any atom is -0.493 e. The van der Waals surface area contributed by atoms with Gasteiger partial charge in [-0.3, -0.25) is 10.1 Å². The standard InChI is InChI=1S/C9H10ClNO3/c1-3-14-9-5-8(11(12)13)7(10)4-6(9)2/h4-5H,3H2,1-2H3. The smallest absolute Gasteiger partial charge is 0.291 e. The zero-order chi connectivity index (χ0) is 10.7. The molecule has 0 spiro atoms. The van der Waals surface area contributed by atoms with Crippen molar-refractivity contribution in [1.82, 2.24) is 0 Å². The summed E-state index contributed by atoms with van der Waals surface area (Å²) in [5.74, 6) is 0.503. The first-order chi connectivity index (χ1) is 6.56. The number of nitro benzene ring substituents is 1. The van der Waals surface area contributed by atoms with E-state index in [9.17, 15) is 10.1 Å². The van der Waals surface area contributed by atoms with E-state index in [1.54, 1.807) is 6.92 Å². The van der Waals surface area contributed by atoms with E-state index in [1.807, 2.05) is 6.92 Å². The van der Waals surface area contributed by atoms with Gasteiger partial charge in [-0.15, -0.1) is 0 Å². The Balaban J connectivity index is 3.20. The molecule has 0 bridgehead atoms. The number of benzene rings is 1.